The van der Waals surface area contributed by atoms with Gasteiger partial charge in [-0.1, -0.05) is 6.07 Å². The highest BCUT2D eigenvalue weighted by Crippen LogP contribution is 2.30. The number of benzene rings is 1. The highest BCUT2D eigenvalue weighted by Gasteiger charge is 2.16. The van der Waals surface area contributed by atoms with Crippen LogP contribution in [0.4, 0.5) is 0 Å². The van der Waals surface area contributed by atoms with E-state index in [1.165, 1.54) is 6.07 Å². The van der Waals surface area contributed by atoms with Crippen LogP contribution in [-0.2, 0) is 11.2 Å². The zero-order chi connectivity index (χ0) is 11.6. The lowest BCUT2D eigenvalue weighted by Gasteiger charge is -2.10. The number of nitrogens with two attached hydrogens (primary N) is 1. The monoisotopic (exact) mass is 211 g/mol. The molecule has 0 heterocycles. The van der Waals surface area contributed by atoms with Crippen LogP contribution in [0.3, 0.4) is 0 Å². The van der Waals surface area contributed by atoms with Gasteiger partial charge in [0.1, 0.15) is 6.04 Å². The van der Waals surface area contributed by atoms with Crippen molar-refractivity contribution in [2.24, 2.45) is 5.73 Å². The standard InChI is InChI=1S/C10H13NO4/c1-5-2-6(4-7(11)10(14)15)9(13)8(12)3-5/h2-3,7,12-13H,4,11H2,1H3,(H,14,15)/t7-/m0/s1. The van der Waals surface area contributed by atoms with Gasteiger partial charge in [-0.3, -0.25) is 4.79 Å². The molecule has 1 aromatic rings. The molecule has 0 aliphatic heterocycles. The molecule has 0 fully saturated rings. The van der Waals surface area contributed by atoms with E-state index in [-0.39, 0.29) is 17.9 Å². The lowest BCUT2D eigenvalue weighted by atomic mass is 10.0. The number of phenolic OH excluding ortho intramolecular Hbond substituents is 2. The predicted octanol–water partition coefficient (Wildman–Crippen LogP) is 0.361. The van der Waals surface area contributed by atoms with Gasteiger partial charge in [0.15, 0.2) is 11.5 Å². The fraction of sp³-hybridized carbons (Fsp3) is 0.300. The molecule has 0 aromatic heterocycles. The first-order valence-corrected chi connectivity index (χ1v) is 4.41. The zero-order valence-electron chi connectivity index (χ0n) is 8.27. The summed E-state index contributed by atoms with van der Waals surface area (Å²) in [5, 5.41) is 27.4. The van der Waals surface area contributed by atoms with Crippen LogP contribution >= 0.6 is 0 Å². The van der Waals surface area contributed by atoms with Gasteiger partial charge >= 0.3 is 5.97 Å². The van der Waals surface area contributed by atoms with Gasteiger partial charge in [0, 0.05) is 12.0 Å². The number of carboxylic acids is 1. The van der Waals surface area contributed by atoms with Gasteiger partial charge in [-0.25, -0.2) is 0 Å². The van der Waals surface area contributed by atoms with Crippen LogP contribution in [0, 0.1) is 6.92 Å². The Labute approximate surface area is 86.8 Å². The van der Waals surface area contributed by atoms with Crippen LogP contribution in [0.5, 0.6) is 11.5 Å². The number of hydrogen-bond donors (Lipinski definition) is 4. The molecule has 5 N–H and O–H groups in total. The first kappa shape index (κ1) is 11.3. The molecule has 82 valence electrons. The van der Waals surface area contributed by atoms with E-state index in [0.717, 1.165) is 5.56 Å². The number of aromatic hydroxyl groups is 2. The van der Waals surface area contributed by atoms with Gasteiger partial charge in [0.2, 0.25) is 0 Å². The maximum absolute atomic E-state index is 10.5. The van der Waals surface area contributed by atoms with E-state index in [1.807, 2.05) is 0 Å². The topological polar surface area (TPSA) is 104 Å². The van der Waals surface area contributed by atoms with E-state index < -0.39 is 12.0 Å². The maximum atomic E-state index is 10.5. The van der Waals surface area contributed by atoms with Gasteiger partial charge in [-0.05, 0) is 18.6 Å². The SMILES string of the molecule is Cc1cc(O)c(O)c(C[C@H](N)C(=O)O)c1. The van der Waals surface area contributed by atoms with Crippen LogP contribution in [0.2, 0.25) is 0 Å². The Bertz CT molecular complexity index is 389. The summed E-state index contributed by atoms with van der Waals surface area (Å²) in [6.07, 6.45) is -0.0175. The van der Waals surface area contributed by atoms with Crippen molar-refractivity contribution in [3.8, 4) is 11.5 Å². The number of carbonyl (C=O) groups is 1. The number of hydrogen-bond acceptors (Lipinski definition) is 4. The molecule has 5 heteroatoms. The number of carboxylic acid groups (broad SMARTS) is 1. The van der Waals surface area contributed by atoms with Crippen molar-refractivity contribution >= 4 is 5.97 Å². The summed E-state index contributed by atoms with van der Waals surface area (Å²) in [5.74, 6) is -1.71. The second-order valence-corrected chi connectivity index (χ2v) is 3.44. The molecular formula is C10H13NO4. The minimum absolute atomic E-state index is 0.0175. The summed E-state index contributed by atoms with van der Waals surface area (Å²) >= 11 is 0. The van der Waals surface area contributed by atoms with E-state index >= 15 is 0 Å². The molecule has 0 saturated heterocycles. The summed E-state index contributed by atoms with van der Waals surface area (Å²) in [6.45, 7) is 1.73. The van der Waals surface area contributed by atoms with Crippen molar-refractivity contribution in [1.82, 2.24) is 0 Å². The fourth-order valence-electron chi connectivity index (χ4n) is 1.31. The molecule has 1 rings (SSSR count). The first-order chi connectivity index (χ1) is 6.91. The van der Waals surface area contributed by atoms with Crippen LogP contribution < -0.4 is 5.73 Å². The Balaban J connectivity index is 2.99. The van der Waals surface area contributed by atoms with Gasteiger partial charge in [0.25, 0.3) is 0 Å². The summed E-state index contributed by atoms with van der Waals surface area (Å²) in [7, 11) is 0. The maximum Gasteiger partial charge on any atom is 0.320 e. The van der Waals surface area contributed by atoms with Crippen LogP contribution in [0.15, 0.2) is 12.1 Å². The zero-order valence-corrected chi connectivity index (χ0v) is 8.27. The van der Waals surface area contributed by atoms with E-state index in [2.05, 4.69) is 0 Å². The van der Waals surface area contributed by atoms with E-state index in [4.69, 9.17) is 10.8 Å². The molecule has 0 amide bonds. The second kappa shape index (κ2) is 4.18. The smallest absolute Gasteiger partial charge is 0.320 e. The third-order valence-electron chi connectivity index (χ3n) is 2.07. The third-order valence-corrected chi connectivity index (χ3v) is 2.07. The number of phenols is 2. The Morgan fingerprint density at radius 1 is 1.47 bits per heavy atom. The molecule has 15 heavy (non-hydrogen) atoms. The molecule has 1 aromatic carbocycles. The molecule has 0 saturated carbocycles. The van der Waals surface area contributed by atoms with Crippen molar-refractivity contribution < 1.29 is 20.1 Å². The third kappa shape index (κ3) is 2.60. The van der Waals surface area contributed by atoms with E-state index in [1.54, 1.807) is 13.0 Å². The fourth-order valence-corrected chi connectivity index (χ4v) is 1.31. The Hall–Kier alpha value is -1.75. The second-order valence-electron chi connectivity index (χ2n) is 3.44. The molecule has 0 aliphatic rings. The lowest BCUT2D eigenvalue weighted by Crippen LogP contribution is -2.32. The van der Waals surface area contributed by atoms with Crippen LogP contribution in [0.25, 0.3) is 0 Å². The number of aryl methyl sites for hydroxylation is 1. The van der Waals surface area contributed by atoms with Gasteiger partial charge in [-0.15, -0.1) is 0 Å². The summed E-state index contributed by atoms with van der Waals surface area (Å²) in [6, 6.07) is 1.90. The molecule has 0 bridgehead atoms. The molecule has 0 aliphatic carbocycles. The largest absolute Gasteiger partial charge is 0.504 e. The Morgan fingerprint density at radius 3 is 2.60 bits per heavy atom. The van der Waals surface area contributed by atoms with Crippen LogP contribution in [0.1, 0.15) is 11.1 Å². The van der Waals surface area contributed by atoms with Crippen molar-refractivity contribution in [3.05, 3.63) is 23.3 Å². The van der Waals surface area contributed by atoms with Gasteiger partial charge in [-0.2, -0.15) is 0 Å². The van der Waals surface area contributed by atoms with Crippen molar-refractivity contribution in [1.29, 1.82) is 0 Å². The Kier molecular flexibility index (Phi) is 3.16. The molecular weight excluding hydrogens is 198 g/mol. The van der Waals surface area contributed by atoms with E-state index in [9.17, 15) is 15.0 Å². The minimum atomic E-state index is -1.14. The van der Waals surface area contributed by atoms with Crippen molar-refractivity contribution in [2.45, 2.75) is 19.4 Å². The molecule has 0 radical (unpaired) electrons. The highest BCUT2D eigenvalue weighted by molar-refractivity contribution is 5.73. The molecule has 0 spiro atoms. The average molecular weight is 211 g/mol. The summed E-state index contributed by atoms with van der Waals surface area (Å²) < 4.78 is 0. The molecule has 0 unspecified atom stereocenters. The molecule has 5 nitrogen and oxygen atoms in total. The van der Waals surface area contributed by atoms with Gasteiger partial charge in [0.05, 0.1) is 0 Å². The minimum Gasteiger partial charge on any atom is -0.504 e. The number of aliphatic carboxylic acids is 1. The quantitative estimate of drug-likeness (QED) is 0.540. The first-order valence-electron chi connectivity index (χ1n) is 4.41. The lowest BCUT2D eigenvalue weighted by molar-refractivity contribution is -0.138. The Morgan fingerprint density at radius 2 is 2.07 bits per heavy atom. The average Bonchev–Trinajstić information content (AvgIpc) is 2.13. The van der Waals surface area contributed by atoms with Crippen LogP contribution in [-0.4, -0.2) is 27.3 Å². The summed E-state index contributed by atoms with van der Waals surface area (Å²) in [4.78, 5) is 10.5. The molecule has 1 atom stereocenters. The normalized spacial score (nSPS) is 12.4. The van der Waals surface area contributed by atoms with Gasteiger partial charge < -0.3 is 21.1 Å². The van der Waals surface area contributed by atoms with Crippen molar-refractivity contribution in [2.75, 3.05) is 0 Å². The van der Waals surface area contributed by atoms with E-state index in [0.29, 0.717) is 5.56 Å². The summed E-state index contributed by atoms with van der Waals surface area (Å²) in [5.41, 5.74) is 6.39. The number of rotatable bonds is 3. The highest BCUT2D eigenvalue weighted by atomic mass is 16.4. The predicted molar refractivity (Wildman–Crippen MR) is 53.8 cm³/mol. The van der Waals surface area contributed by atoms with Crippen molar-refractivity contribution in [3.63, 3.8) is 0 Å².